The van der Waals surface area contributed by atoms with Gasteiger partial charge in [0.05, 0.1) is 28.4 Å². The second kappa shape index (κ2) is 10.3. The van der Waals surface area contributed by atoms with Crippen molar-refractivity contribution in [1.82, 2.24) is 14.9 Å². The van der Waals surface area contributed by atoms with Crippen LogP contribution in [0.15, 0.2) is 58.5 Å². The van der Waals surface area contributed by atoms with Gasteiger partial charge in [0.2, 0.25) is 5.91 Å². The first-order valence-corrected chi connectivity index (χ1v) is 12.2. The molecule has 168 valence electrons. The monoisotopic (exact) mass is 451 g/mol. The first-order chi connectivity index (χ1) is 15.6. The number of aromatic nitrogens is 2. The van der Waals surface area contributed by atoms with Gasteiger partial charge < -0.3 is 10.1 Å². The van der Waals surface area contributed by atoms with Crippen LogP contribution in [-0.4, -0.2) is 40.5 Å². The first kappa shape index (κ1) is 22.6. The van der Waals surface area contributed by atoms with Gasteiger partial charge in [-0.15, -0.1) is 0 Å². The van der Waals surface area contributed by atoms with E-state index in [1.54, 1.807) is 10.6 Å². The number of nitrogens with one attached hydrogen (secondary N) is 1. The third kappa shape index (κ3) is 5.05. The van der Waals surface area contributed by atoms with Gasteiger partial charge in [-0.05, 0) is 55.0 Å². The number of amides is 1. The number of nitrogens with zero attached hydrogens (tertiary/aromatic N) is 2. The average molecular weight is 452 g/mol. The number of hydrogen-bond donors (Lipinski definition) is 1. The summed E-state index contributed by atoms with van der Waals surface area (Å²) in [4.78, 5) is 30.5. The first-order valence-electron chi connectivity index (χ1n) is 11.2. The van der Waals surface area contributed by atoms with Crippen LogP contribution in [-0.2, 0) is 9.53 Å². The number of para-hydroxylation sites is 1. The Kier molecular flexibility index (Phi) is 7.27. The van der Waals surface area contributed by atoms with Gasteiger partial charge in [-0.1, -0.05) is 49.9 Å². The number of carbonyl (C=O) groups excluding carboxylic acids is 1. The average Bonchev–Trinajstić information content (AvgIpc) is 3.35. The van der Waals surface area contributed by atoms with Gasteiger partial charge in [0.15, 0.2) is 5.16 Å². The summed E-state index contributed by atoms with van der Waals surface area (Å²) in [6, 6.07) is 15.4. The maximum atomic E-state index is 13.4. The van der Waals surface area contributed by atoms with E-state index in [4.69, 9.17) is 9.72 Å². The highest BCUT2D eigenvalue weighted by Gasteiger charge is 2.18. The van der Waals surface area contributed by atoms with Crippen molar-refractivity contribution in [2.75, 3.05) is 18.9 Å². The molecule has 2 unspecified atom stereocenters. The largest absolute Gasteiger partial charge is 0.376 e. The molecule has 1 N–H and O–H groups in total. The van der Waals surface area contributed by atoms with Gasteiger partial charge in [0.1, 0.15) is 0 Å². The molecule has 1 aromatic heterocycles. The zero-order valence-corrected chi connectivity index (χ0v) is 19.4. The topological polar surface area (TPSA) is 73.2 Å². The number of rotatable bonds is 8. The van der Waals surface area contributed by atoms with Crippen molar-refractivity contribution in [2.24, 2.45) is 0 Å². The fraction of sp³-hybridized carbons (Fsp3) is 0.400. The molecule has 0 radical (unpaired) electrons. The molecule has 0 spiro atoms. The van der Waals surface area contributed by atoms with Crippen LogP contribution in [0.25, 0.3) is 16.6 Å². The molecular weight excluding hydrogens is 422 g/mol. The lowest BCUT2D eigenvalue weighted by molar-refractivity contribution is -0.119. The predicted molar refractivity (Wildman–Crippen MR) is 129 cm³/mol. The van der Waals surface area contributed by atoms with Crippen molar-refractivity contribution in [1.29, 1.82) is 0 Å². The highest BCUT2D eigenvalue weighted by atomic mass is 32.2. The molecule has 0 saturated carbocycles. The third-order valence-corrected chi connectivity index (χ3v) is 6.90. The lowest BCUT2D eigenvalue weighted by Gasteiger charge is -2.15. The number of benzene rings is 2. The third-order valence-electron chi connectivity index (χ3n) is 5.96. The molecule has 2 heterocycles. The molecule has 2 atom stereocenters. The van der Waals surface area contributed by atoms with Crippen LogP contribution in [0.2, 0.25) is 0 Å². The fourth-order valence-electron chi connectivity index (χ4n) is 3.84. The molecule has 0 aliphatic carbocycles. The van der Waals surface area contributed by atoms with Crippen LogP contribution in [0.1, 0.15) is 44.6 Å². The van der Waals surface area contributed by atoms with Crippen LogP contribution in [0.4, 0.5) is 0 Å². The zero-order valence-electron chi connectivity index (χ0n) is 18.5. The highest BCUT2D eigenvalue weighted by molar-refractivity contribution is 7.99. The Labute approximate surface area is 192 Å². The second-order valence-electron chi connectivity index (χ2n) is 8.18. The Bertz CT molecular complexity index is 1140. The van der Waals surface area contributed by atoms with E-state index in [0.29, 0.717) is 28.5 Å². The van der Waals surface area contributed by atoms with Crippen LogP contribution in [0, 0.1) is 0 Å². The quantitative estimate of drug-likeness (QED) is 0.409. The second-order valence-corrected chi connectivity index (χ2v) is 9.12. The molecule has 4 rings (SSSR count). The summed E-state index contributed by atoms with van der Waals surface area (Å²) in [5, 5.41) is 4.00. The number of thioether (sulfide) groups is 1. The molecule has 0 bridgehead atoms. The van der Waals surface area contributed by atoms with Gasteiger partial charge >= 0.3 is 0 Å². The van der Waals surface area contributed by atoms with Crippen LogP contribution in [0.5, 0.6) is 0 Å². The summed E-state index contributed by atoms with van der Waals surface area (Å²) in [5.41, 5.74) is 2.49. The minimum atomic E-state index is -0.130. The SMILES string of the molecule is CCC(C)c1ccc(-n2c(SCC(=O)NCC3CCCO3)nc3ccccc3c2=O)cc1. The summed E-state index contributed by atoms with van der Waals surface area (Å²) in [6.45, 7) is 5.64. The van der Waals surface area contributed by atoms with Crippen LogP contribution in [0.3, 0.4) is 0 Å². The molecule has 2 aromatic carbocycles. The molecule has 7 heteroatoms. The Hall–Kier alpha value is -2.64. The van der Waals surface area contributed by atoms with Gasteiger partial charge in [-0.2, -0.15) is 0 Å². The van der Waals surface area contributed by atoms with Gasteiger partial charge in [0, 0.05) is 13.2 Å². The molecule has 3 aromatic rings. The van der Waals surface area contributed by atoms with Crippen molar-refractivity contribution in [3.63, 3.8) is 0 Å². The minimum Gasteiger partial charge on any atom is -0.376 e. The van der Waals surface area contributed by atoms with E-state index < -0.39 is 0 Å². The zero-order chi connectivity index (χ0) is 22.5. The maximum Gasteiger partial charge on any atom is 0.266 e. The summed E-state index contributed by atoms with van der Waals surface area (Å²) in [6.07, 6.45) is 3.17. The number of fused-ring (bicyclic) bond motifs is 1. The molecule has 1 amide bonds. The maximum absolute atomic E-state index is 13.4. The van der Waals surface area contributed by atoms with Gasteiger partial charge in [-0.25, -0.2) is 4.98 Å². The molecule has 1 saturated heterocycles. The minimum absolute atomic E-state index is 0.0911. The molecule has 1 fully saturated rings. The van der Waals surface area contributed by atoms with E-state index in [1.807, 2.05) is 30.3 Å². The molecule has 6 nitrogen and oxygen atoms in total. The van der Waals surface area contributed by atoms with E-state index in [1.165, 1.54) is 17.3 Å². The summed E-state index contributed by atoms with van der Waals surface area (Å²) in [7, 11) is 0. The van der Waals surface area contributed by atoms with E-state index in [2.05, 4.69) is 31.3 Å². The molecular formula is C25H29N3O3S. The molecule has 32 heavy (non-hydrogen) atoms. The lowest BCUT2D eigenvalue weighted by Crippen LogP contribution is -2.33. The Morgan fingerprint density at radius 2 is 2.03 bits per heavy atom. The van der Waals surface area contributed by atoms with Crippen molar-refractivity contribution < 1.29 is 9.53 Å². The van der Waals surface area contributed by atoms with Crippen molar-refractivity contribution in [3.05, 3.63) is 64.4 Å². The van der Waals surface area contributed by atoms with Crippen LogP contribution < -0.4 is 10.9 Å². The van der Waals surface area contributed by atoms with E-state index in [9.17, 15) is 9.59 Å². The number of ether oxygens (including phenoxy) is 1. The predicted octanol–water partition coefficient (Wildman–Crippen LogP) is 4.29. The number of hydrogen-bond acceptors (Lipinski definition) is 5. The van der Waals surface area contributed by atoms with Gasteiger partial charge in [0.25, 0.3) is 5.56 Å². The fourth-order valence-corrected chi connectivity index (χ4v) is 4.68. The Morgan fingerprint density at radius 1 is 1.25 bits per heavy atom. The van der Waals surface area contributed by atoms with Crippen molar-refractivity contribution in [2.45, 2.75) is 50.3 Å². The Morgan fingerprint density at radius 3 is 2.75 bits per heavy atom. The molecule has 1 aliphatic heterocycles. The van der Waals surface area contributed by atoms with Crippen molar-refractivity contribution >= 4 is 28.6 Å². The summed E-state index contributed by atoms with van der Waals surface area (Å²) >= 11 is 1.28. The van der Waals surface area contributed by atoms with Gasteiger partial charge in [-0.3, -0.25) is 14.2 Å². The number of carbonyl (C=O) groups is 1. The van der Waals surface area contributed by atoms with Crippen LogP contribution >= 0.6 is 11.8 Å². The molecule has 1 aliphatic rings. The van der Waals surface area contributed by atoms with E-state index >= 15 is 0 Å². The smallest absolute Gasteiger partial charge is 0.266 e. The summed E-state index contributed by atoms with van der Waals surface area (Å²) < 4.78 is 7.17. The van der Waals surface area contributed by atoms with E-state index in [0.717, 1.165) is 31.6 Å². The lowest BCUT2D eigenvalue weighted by atomic mass is 9.98. The van der Waals surface area contributed by atoms with E-state index in [-0.39, 0.29) is 23.3 Å². The summed E-state index contributed by atoms with van der Waals surface area (Å²) in [5.74, 6) is 0.547. The standard InChI is InChI=1S/C25H29N3O3S/c1-3-17(2)18-10-12-19(13-11-18)28-24(30)21-8-4-5-9-22(21)27-25(28)32-16-23(29)26-15-20-7-6-14-31-20/h4-5,8-13,17,20H,3,6-7,14-16H2,1-2H3,(H,26,29). The Balaban J connectivity index is 1.60. The highest BCUT2D eigenvalue weighted by Crippen LogP contribution is 2.24. The van der Waals surface area contributed by atoms with Crippen molar-refractivity contribution in [3.8, 4) is 5.69 Å². The normalized spacial score (nSPS) is 16.9.